The SMILES string of the molecule is C[C@]1(C(=O)c2ccc(Br)cc2)[C@H]2c3ccccc3OC(=O)[C@]21C(=O)NC1CCCCC1. The zero-order valence-electron chi connectivity index (χ0n) is 17.3. The number of hydrogen-bond acceptors (Lipinski definition) is 4. The number of carbonyl (C=O) groups excluding carboxylic acids is 3. The molecule has 2 aliphatic carbocycles. The van der Waals surface area contributed by atoms with Gasteiger partial charge < -0.3 is 10.1 Å². The van der Waals surface area contributed by atoms with E-state index in [1.165, 1.54) is 0 Å². The van der Waals surface area contributed by atoms with Crippen molar-refractivity contribution in [3.05, 3.63) is 64.1 Å². The highest BCUT2D eigenvalue weighted by Crippen LogP contribution is 2.78. The van der Waals surface area contributed by atoms with Crippen LogP contribution in [0.1, 0.15) is 60.9 Å². The van der Waals surface area contributed by atoms with E-state index in [4.69, 9.17) is 4.74 Å². The molecule has 0 aromatic heterocycles. The van der Waals surface area contributed by atoms with Crippen LogP contribution in [0.5, 0.6) is 5.75 Å². The van der Waals surface area contributed by atoms with E-state index >= 15 is 0 Å². The lowest BCUT2D eigenvalue weighted by Crippen LogP contribution is -2.49. The highest BCUT2D eigenvalue weighted by molar-refractivity contribution is 9.10. The fourth-order valence-corrected chi connectivity index (χ4v) is 5.97. The monoisotopic (exact) mass is 481 g/mol. The van der Waals surface area contributed by atoms with Crippen LogP contribution in [0.3, 0.4) is 0 Å². The van der Waals surface area contributed by atoms with E-state index in [0.717, 1.165) is 42.1 Å². The third kappa shape index (κ3) is 2.84. The summed E-state index contributed by atoms with van der Waals surface area (Å²) >= 11 is 3.39. The minimum Gasteiger partial charge on any atom is -0.425 e. The van der Waals surface area contributed by atoms with Crippen molar-refractivity contribution in [3.63, 3.8) is 0 Å². The van der Waals surface area contributed by atoms with Crippen LogP contribution in [0.2, 0.25) is 0 Å². The second kappa shape index (κ2) is 7.30. The largest absolute Gasteiger partial charge is 0.425 e. The van der Waals surface area contributed by atoms with Gasteiger partial charge in [0.2, 0.25) is 5.91 Å². The number of rotatable bonds is 4. The Kier molecular flexibility index (Phi) is 4.81. The van der Waals surface area contributed by atoms with Gasteiger partial charge in [0.15, 0.2) is 11.2 Å². The Morgan fingerprint density at radius 1 is 1.03 bits per heavy atom. The van der Waals surface area contributed by atoms with Crippen LogP contribution in [0.15, 0.2) is 53.0 Å². The number of nitrogens with one attached hydrogen (secondary N) is 1. The van der Waals surface area contributed by atoms with Gasteiger partial charge in [0.05, 0.1) is 5.41 Å². The van der Waals surface area contributed by atoms with Crippen LogP contribution in [0.25, 0.3) is 0 Å². The van der Waals surface area contributed by atoms with Gasteiger partial charge in [0.1, 0.15) is 5.75 Å². The van der Waals surface area contributed by atoms with Gasteiger partial charge in [0, 0.05) is 27.6 Å². The predicted octanol–water partition coefficient (Wildman–Crippen LogP) is 4.79. The van der Waals surface area contributed by atoms with Crippen LogP contribution in [-0.2, 0) is 9.59 Å². The van der Waals surface area contributed by atoms with Crippen molar-refractivity contribution in [1.82, 2.24) is 5.32 Å². The van der Waals surface area contributed by atoms with E-state index in [-0.39, 0.29) is 17.7 Å². The lowest BCUT2D eigenvalue weighted by Gasteiger charge is -2.28. The van der Waals surface area contributed by atoms with Gasteiger partial charge in [0.25, 0.3) is 0 Å². The zero-order valence-corrected chi connectivity index (χ0v) is 18.9. The summed E-state index contributed by atoms with van der Waals surface area (Å²) in [5, 5.41) is 3.10. The van der Waals surface area contributed by atoms with E-state index in [0.29, 0.717) is 11.3 Å². The number of ketones is 1. The molecule has 3 aliphatic rings. The third-order valence-corrected chi connectivity index (χ3v) is 7.91. The van der Waals surface area contributed by atoms with Gasteiger partial charge >= 0.3 is 5.97 Å². The molecule has 0 radical (unpaired) electrons. The van der Waals surface area contributed by atoms with Crippen LogP contribution in [-0.4, -0.2) is 23.7 Å². The Morgan fingerprint density at radius 2 is 1.71 bits per heavy atom. The molecule has 6 heteroatoms. The van der Waals surface area contributed by atoms with Gasteiger partial charge in [-0.15, -0.1) is 0 Å². The number of carbonyl (C=O) groups is 3. The second-order valence-electron chi connectivity index (χ2n) is 9.02. The molecule has 1 aliphatic heterocycles. The molecular formula is C25H24BrNO4. The summed E-state index contributed by atoms with van der Waals surface area (Å²) in [7, 11) is 0. The molecule has 31 heavy (non-hydrogen) atoms. The molecule has 1 N–H and O–H groups in total. The van der Waals surface area contributed by atoms with Crippen molar-refractivity contribution in [1.29, 1.82) is 0 Å². The first-order chi connectivity index (χ1) is 14.9. The highest BCUT2D eigenvalue weighted by atomic mass is 79.9. The first kappa shape index (κ1) is 20.4. The number of ether oxygens (including phenoxy) is 1. The van der Waals surface area contributed by atoms with Gasteiger partial charge in [-0.3, -0.25) is 14.4 Å². The van der Waals surface area contributed by atoms with E-state index in [2.05, 4.69) is 21.2 Å². The number of esters is 1. The van der Waals surface area contributed by atoms with Crippen LogP contribution < -0.4 is 10.1 Å². The number of benzene rings is 2. The molecule has 2 fully saturated rings. The van der Waals surface area contributed by atoms with Gasteiger partial charge in [-0.25, -0.2) is 0 Å². The lowest BCUT2D eigenvalue weighted by molar-refractivity contribution is -0.149. The average molecular weight is 482 g/mol. The molecule has 1 amide bonds. The van der Waals surface area contributed by atoms with Crippen molar-refractivity contribution in [2.24, 2.45) is 10.8 Å². The summed E-state index contributed by atoms with van der Waals surface area (Å²) in [5.41, 5.74) is -1.52. The molecule has 1 heterocycles. The van der Waals surface area contributed by atoms with Crippen molar-refractivity contribution in [3.8, 4) is 5.75 Å². The molecule has 2 aromatic rings. The molecule has 5 rings (SSSR count). The summed E-state index contributed by atoms with van der Waals surface area (Å²) in [6.07, 6.45) is 5.08. The first-order valence-electron chi connectivity index (χ1n) is 10.8. The Bertz CT molecular complexity index is 1080. The molecule has 0 saturated heterocycles. The number of Topliss-reactive ketones (excluding diaryl/α,β-unsaturated/α-hetero) is 1. The molecule has 0 spiro atoms. The van der Waals surface area contributed by atoms with Crippen molar-refractivity contribution < 1.29 is 19.1 Å². The highest BCUT2D eigenvalue weighted by Gasteiger charge is 2.88. The Labute approximate surface area is 189 Å². The molecule has 0 bridgehead atoms. The Balaban J connectivity index is 1.59. The molecule has 160 valence electrons. The van der Waals surface area contributed by atoms with Crippen LogP contribution in [0.4, 0.5) is 0 Å². The van der Waals surface area contributed by atoms with Crippen molar-refractivity contribution in [2.45, 2.75) is 51.0 Å². The van der Waals surface area contributed by atoms with Crippen molar-refractivity contribution >= 4 is 33.6 Å². The van der Waals surface area contributed by atoms with Crippen molar-refractivity contribution in [2.75, 3.05) is 0 Å². The quantitative estimate of drug-likeness (QED) is 0.295. The van der Waals surface area contributed by atoms with Gasteiger partial charge in [-0.2, -0.15) is 0 Å². The zero-order chi connectivity index (χ0) is 21.8. The van der Waals surface area contributed by atoms with E-state index in [9.17, 15) is 14.4 Å². The molecule has 5 nitrogen and oxygen atoms in total. The maximum atomic E-state index is 13.8. The molecule has 3 atom stereocenters. The summed E-state index contributed by atoms with van der Waals surface area (Å²) in [6.45, 7) is 1.74. The maximum Gasteiger partial charge on any atom is 0.328 e. The van der Waals surface area contributed by atoms with E-state index < -0.39 is 22.7 Å². The smallest absolute Gasteiger partial charge is 0.328 e. The summed E-state index contributed by atoms with van der Waals surface area (Å²) in [4.78, 5) is 40.8. The summed E-state index contributed by atoms with van der Waals surface area (Å²) in [6, 6.07) is 14.3. The summed E-state index contributed by atoms with van der Waals surface area (Å²) < 4.78 is 6.50. The Hall–Kier alpha value is -2.47. The number of para-hydroxylation sites is 1. The number of fused-ring (bicyclic) bond motifs is 3. The minimum absolute atomic E-state index is 0.0360. The number of halogens is 1. The number of amides is 1. The maximum absolute atomic E-state index is 13.8. The topological polar surface area (TPSA) is 72.5 Å². The fourth-order valence-electron chi connectivity index (χ4n) is 5.70. The second-order valence-corrected chi connectivity index (χ2v) is 9.93. The fraction of sp³-hybridized carbons (Fsp3) is 0.400. The van der Waals surface area contributed by atoms with Crippen LogP contribution in [0, 0.1) is 10.8 Å². The third-order valence-electron chi connectivity index (χ3n) is 7.38. The molecule has 2 aromatic carbocycles. The van der Waals surface area contributed by atoms with E-state index in [1.54, 1.807) is 43.3 Å². The average Bonchev–Trinajstić information content (AvgIpc) is 3.38. The normalized spacial score (nSPS) is 29.4. The molecular weight excluding hydrogens is 458 g/mol. The van der Waals surface area contributed by atoms with Crippen LogP contribution >= 0.6 is 15.9 Å². The first-order valence-corrected chi connectivity index (χ1v) is 11.6. The van der Waals surface area contributed by atoms with Gasteiger partial charge in [-0.05, 0) is 38.0 Å². The standard InChI is InChI=1S/C25H24BrNO4/c1-24(21(28)15-11-13-16(26)14-12-15)20-18-9-5-6-10-19(18)31-23(30)25(20,24)22(29)27-17-7-3-2-4-8-17/h5-6,9-14,17,20H,2-4,7-8H2,1H3,(H,27,29)/t20-,24-,25-/m1/s1. The predicted molar refractivity (Wildman–Crippen MR) is 119 cm³/mol. The molecule has 2 saturated carbocycles. The van der Waals surface area contributed by atoms with Gasteiger partial charge in [-0.1, -0.05) is 65.5 Å². The summed E-state index contributed by atoms with van der Waals surface area (Å²) in [5.74, 6) is -1.32. The molecule has 0 unspecified atom stereocenters. The van der Waals surface area contributed by atoms with E-state index in [1.807, 2.05) is 12.1 Å². The minimum atomic E-state index is -1.54. The Morgan fingerprint density at radius 3 is 2.42 bits per heavy atom. The lowest BCUT2D eigenvalue weighted by atomic mass is 9.85. The number of hydrogen-bond donors (Lipinski definition) is 1.